The number of anilines is 1. The Bertz CT molecular complexity index is 939. The minimum atomic E-state index is 0.406. The molecule has 0 aliphatic carbocycles. The van der Waals surface area contributed by atoms with Crippen LogP contribution in [0, 0.1) is 0 Å². The van der Waals surface area contributed by atoms with E-state index in [0.717, 1.165) is 36.5 Å². The van der Waals surface area contributed by atoms with Gasteiger partial charge in [-0.1, -0.05) is 13.8 Å². The van der Waals surface area contributed by atoms with Crippen LogP contribution >= 0.6 is 0 Å². The van der Waals surface area contributed by atoms with Crippen LogP contribution in [-0.4, -0.2) is 47.4 Å². The number of nitrogens with zero attached hydrogens (tertiary/aromatic N) is 4. The lowest BCUT2D eigenvalue weighted by Gasteiger charge is -2.16. The maximum absolute atomic E-state index is 5.52. The molecule has 2 aromatic heterocycles. The lowest BCUT2D eigenvalue weighted by atomic mass is 10.2. The maximum Gasteiger partial charge on any atom is 0.205 e. The van der Waals surface area contributed by atoms with Gasteiger partial charge in [0, 0.05) is 31.4 Å². The normalized spacial score (nSPS) is 11.1. The number of aryl methyl sites for hydroxylation is 1. The van der Waals surface area contributed by atoms with Gasteiger partial charge in [0.15, 0.2) is 11.5 Å². The summed E-state index contributed by atoms with van der Waals surface area (Å²) in [6.07, 6.45) is 6.34. The second-order valence-corrected chi connectivity index (χ2v) is 6.68. The van der Waals surface area contributed by atoms with Crippen LogP contribution in [0.5, 0.6) is 17.2 Å². The third kappa shape index (κ3) is 3.81. The first-order valence-corrected chi connectivity index (χ1v) is 9.29. The molecule has 0 radical (unpaired) electrons. The lowest BCUT2D eigenvalue weighted by Crippen LogP contribution is -2.10. The molecule has 1 aromatic carbocycles. The highest BCUT2D eigenvalue weighted by Crippen LogP contribution is 2.43. The Morgan fingerprint density at radius 1 is 1.04 bits per heavy atom. The molecule has 0 spiro atoms. The molecule has 0 unspecified atom stereocenters. The van der Waals surface area contributed by atoms with Crippen LogP contribution in [-0.2, 0) is 6.54 Å². The topological polar surface area (TPSA) is 83.3 Å². The van der Waals surface area contributed by atoms with Gasteiger partial charge in [0.05, 0.1) is 26.7 Å². The van der Waals surface area contributed by atoms with E-state index >= 15 is 0 Å². The van der Waals surface area contributed by atoms with Crippen LogP contribution in [0.2, 0.25) is 0 Å². The van der Waals surface area contributed by atoms with Crippen molar-refractivity contribution in [2.24, 2.45) is 0 Å². The molecule has 0 aliphatic heterocycles. The van der Waals surface area contributed by atoms with Crippen molar-refractivity contribution in [1.29, 1.82) is 0 Å². The van der Waals surface area contributed by atoms with E-state index in [1.807, 2.05) is 18.5 Å². The molecule has 0 fully saturated rings. The van der Waals surface area contributed by atoms with Gasteiger partial charge in [-0.2, -0.15) is 0 Å². The van der Waals surface area contributed by atoms with Gasteiger partial charge in [-0.3, -0.25) is 0 Å². The largest absolute Gasteiger partial charge is 0.493 e. The first-order valence-electron chi connectivity index (χ1n) is 9.29. The van der Waals surface area contributed by atoms with E-state index in [2.05, 4.69) is 38.7 Å². The van der Waals surface area contributed by atoms with Crippen molar-refractivity contribution in [3.05, 3.63) is 30.6 Å². The number of fused-ring (bicyclic) bond motifs is 1. The van der Waals surface area contributed by atoms with E-state index < -0.39 is 0 Å². The Morgan fingerprint density at radius 2 is 1.82 bits per heavy atom. The summed E-state index contributed by atoms with van der Waals surface area (Å²) in [4.78, 5) is 13.2. The van der Waals surface area contributed by atoms with Gasteiger partial charge in [0.2, 0.25) is 5.75 Å². The summed E-state index contributed by atoms with van der Waals surface area (Å²) >= 11 is 0. The quantitative estimate of drug-likeness (QED) is 0.565. The highest BCUT2D eigenvalue weighted by atomic mass is 16.5. The molecular formula is C20H27N5O3. The lowest BCUT2D eigenvalue weighted by molar-refractivity contribution is 0.327. The fourth-order valence-electron chi connectivity index (χ4n) is 3.27. The van der Waals surface area contributed by atoms with Crippen molar-refractivity contribution in [2.45, 2.75) is 32.7 Å². The second kappa shape index (κ2) is 8.77. The van der Waals surface area contributed by atoms with Crippen molar-refractivity contribution in [3.63, 3.8) is 0 Å². The Kier molecular flexibility index (Phi) is 6.18. The third-order valence-electron chi connectivity index (χ3n) is 4.56. The summed E-state index contributed by atoms with van der Waals surface area (Å²) in [6, 6.07) is 1.87. The second-order valence-electron chi connectivity index (χ2n) is 6.68. The van der Waals surface area contributed by atoms with Crippen molar-refractivity contribution in [2.75, 3.05) is 33.2 Å². The van der Waals surface area contributed by atoms with E-state index in [1.165, 1.54) is 6.33 Å². The molecule has 8 heteroatoms. The molecule has 0 aliphatic rings. The smallest absolute Gasteiger partial charge is 0.205 e. The van der Waals surface area contributed by atoms with Crippen molar-refractivity contribution >= 4 is 16.7 Å². The Balaban J connectivity index is 1.79. The predicted octanol–water partition coefficient (Wildman–Crippen LogP) is 3.48. The summed E-state index contributed by atoms with van der Waals surface area (Å²) in [7, 11) is 4.76. The van der Waals surface area contributed by atoms with Crippen LogP contribution in [0.3, 0.4) is 0 Å². The SMILES string of the molecule is COc1cc2c(NCCCn3ccnc3C(C)C)ncnc2c(OC)c1OC. The fraction of sp³-hybridized carbons (Fsp3) is 0.450. The van der Waals surface area contributed by atoms with Gasteiger partial charge in [-0.15, -0.1) is 0 Å². The van der Waals surface area contributed by atoms with E-state index in [1.54, 1.807) is 21.3 Å². The number of benzene rings is 1. The van der Waals surface area contributed by atoms with Gasteiger partial charge in [0.1, 0.15) is 23.5 Å². The van der Waals surface area contributed by atoms with Crippen molar-refractivity contribution in [3.8, 4) is 17.2 Å². The van der Waals surface area contributed by atoms with Gasteiger partial charge in [-0.05, 0) is 12.5 Å². The predicted molar refractivity (Wildman–Crippen MR) is 109 cm³/mol. The van der Waals surface area contributed by atoms with E-state index in [4.69, 9.17) is 14.2 Å². The molecule has 0 bridgehead atoms. The van der Waals surface area contributed by atoms with Gasteiger partial charge >= 0.3 is 0 Å². The third-order valence-corrected chi connectivity index (χ3v) is 4.56. The molecule has 1 N–H and O–H groups in total. The van der Waals surface area contributed by atoms with Crippen molar-refractivity contribution in [1.82, 2.24) is 19.5 Å². The van der Waals surface area contributed by atoms with E-state index in [9.17, 15) is 0 Å². The summed E-state index contributed by atoms with van der Waals surface area (Å²) in [5.74, 6) is 3.87. The number of methoxy groups -OCH3 is 3. The van der Waals surface area contributed by atoms with E-state index in [-0.39, 0.29) is 0 Å². The number of ether oxygens (including phenoxy) is 3. The van der Waals surface area contributed by atoms with Crippen LogP contribution in [0.4, 0.5) is 5.82 Å². The number of hydrogen-bond acceptors (Lipinski definition) is 7. The molecular weight excluding hydrogens is 358 g/mol. The molecule has 150 valence electrons. The van der Waals surface area contributed by atoms with Gasteiger partial charge in [0.25, 0.3) is 0 Å². The zero-order valence-electron chi connectivity index (χ0n) is 17.0. The zero-order valence-corrected chi connectivity index (χ0v) is 17.0. The molecule has 28 heavy (non-hydrogen) atoms. The maximum atomic E-state index is 5.52. The summed E-state index contributed by atoms with van der Waals surface area (Å²) in [5, 5.41) is 4.22. The number of nitrogens with one attached hydrogen (secondary N) is 1. The molecule has 0 atom stereocenters. The molecule has 8 nitrogen and oxygen atoms in total. The zero-order chi connectivity index (χ0) is 20.1. The van der Waals surface area contributed by atoms with Crippen LogP contribution in [0.15, 0.2) is 24.8 Å². The molecule has 3 rings (SSSR count). The molecule has 0 saturated heterocycles. The molecule has 0 amide bonds. The standard InChI is InChI=1S/C20H27N5O3/c1-13(2)20-22-8-10-25(20)9-6-7-21-19-14-11-15(26-3)17(27-4)18(28-5)16(14)23-12-24-19/h8,10-13H,6-7,9H2,1-5H3,(H,21,23,24). The molecule has 3 aromatic rings. The molecule has 0 saturated carbocycles. The fourth-order valence-corrected chi connectivity index (χ4v) is 3.27. The number of rotatable bonds is 9. The Morgan fingerprint density at radius 3 is 2.50 bits per heavy atom. The number of aromatic nitrogens is 4. The van der Waals surface area contributed by atoms with E-state index in [0.29, 0.717) is 28.7 Å². The van der Waals surface area contributed by atoms with Crippen molar-refractivity contribution < 1.29 is 14.2 Å². The number of imidazole rings is 1. The average Bonchev–Trinajstić information content (AvgIpc) is 3.18. The first-order chi connectivity index (χ1) is 13.6. The van der Waals surface area contributed by atoms with Gasteiger partial charge < -0.3 is 24.1 Å². The summed E-state index contributed by atoms with van der Waals surface area (Å²) < 4.78 is 18.6. The van der Waals surface area contributed by atoms with Crippen LogP contribution < -0.4 is 19.5 Å². The van der Waals surface area contributed by atoms with Crippen LogP contribution in [0.25, 0.3) is 10.9 Å². The highest BCUT2D eigenvalue weighted by molar-refractivity contribution is 5.96. The Hall–Kier alpha value is -3.03. The monoisotopic (exact) mass is 385 g/mol. The summed E-state index contributed by atoms with van der Waals surface area (Å²) in [5.41, 5.74) is 0.675. The summed E-state index contributed by atoms with van der Waals surface area (Å²) in [6.45, 7) is 5.96. The van der Waals surface area contributed by atoms with Crippen LogP contribution in [0.1, 0.15) is 32.0 Å². The number of hydrogen-bond donors (Lipinski definition) is 1. The highest BCUT2D eigenvalue weighted by Gasteiger charge is 2.19. The molecule has 2 heterocycles. The first kappa shape index (κ1) is 19.7. The average molecular weight is 385 g/mol. The Labute approximate surface area is 164 Å². The minimum absolute atomic E-state index is 0.406. The minimum Gasteiger partial charge on any atom is -0.493 e. The van der Waals surface area contributed by atoms with Gasteiger partial charge in [-0.25, -0.2) is 15.0 Å².